The maximum absolute atomic E-state index is 12.7. The second kappa shape index (κ2) is 67.5. The fraction of sp³-hybridized carbons (Fsp3) is 0.699. The van der Waals surface area contributed by atoms with Crippen LogP contribution in [-0.2, 0) is 32.7 Å². The van der Waals surface area contributed by atoms with Crippen molar-refractivity contribution in [2.45, 2.75) is 302 Å². The van der Waals surface area contributed by atoms with Crippen LogP contribution in [-0.4, -0.2) is 49.3 Å². The van der Waals surface area contributed by atoms with Crippen molar-refractivity contribution in [2.24, 2.45) is 5.73 Å². The average Bonchev–Trinajstić information content (AvgIpc) is 3.48. The first-order valence-electron chi connectivity index (χ1n) is 34.0. The highest BCUT2D eigenvalue weighted by Crippen LogP contribution is 2.43. The zero-order valence-electron chi connectivity index (χ0n) is 53.4. The van der Waals surface area contributed by atoms with Crippen molar-refractivity contribution in [1.82, 2.24) is 0 Å². The minimum Gasteiger partial charge on any atom is -0.462 e. The van der Waals surface area contributed by atoms with Gasteiger partial charge in [-0.1, -0.05) is 302 Å². The van der Waals surface area contributed by atoms with Gasteiger partial charge in [-0.25, -0.2) is 4.57 Å². The van der Waals surface area contributed by atoms with Crippen LogP contribution in [0.15, 0.2) is 122 Å². The molecule has 0 aromatic heterocycles. The van der Waals surface area contributed by atoms with Crippen LogP contribution in [0.3, 0.4) is 0 Å². The maximum Gasteiger partial charge on any atom is 0.472 e. The number of rotatable bonds is 63. The predicted molar refractivity (Wildman–Crippen MR) is 358 cm³/mol. The van der Waals surface area contributed by atoms with Crippen molar-refractivity contribution in [2.75, 3.05) is 26.4 Å². The Bertz CT molecular complexity index is 1770. The van der Waals surface area contributed by atoms with Crippen LogP contribution in [0.2, 0.25) is 0 Å². The number of allylic oxidation sites excluding steroid dienone is 20. The molecule has 0 fully saturated rings. The topological polar surface area (TPSA) is 134 Å². The van der Waals surface area contributed by atoms with Gasteiger partial charge in [-0.3, -0.25) is 18.6 Å². The van der Waals surface area contributed by atoms with E-state index in [1.807, 2.05) is 6.08 Å². The summed E-state index contributed by atoms with van der Waals surface area (Å²) >= 11 is 0. The lowest BCUT2D eigenvalue weighted by atomic mass is 10.0. The zero-order valence-corrected chi connectivity index (χ0v) is 54.3. The zero-order chi connectivity index (χ0) is 60.1. The number of phosphoric ester groups is 1. The third-order valence-electron chi connectivity index (χ3n) is 14.3. The number of carbonyl (C=O) groups excluding carboxylic acids is 2. The third-order valence-corrected chi connectivity index (χ3v) is 15.3. The van der Waals surface area contributed by atoms with Crippen LogP contribution < -0.4 is 5.73 Å². The van der Waals surface area contributed by atoms with Crippen molar-refractivity contribution in [1.29, 1.82) is 0 Å². The van der Waals surface area contributed by atoms with Crippen LogP contribution in [0.4, 0.5) is 0 Å². The van der Waals surface area contributed by atoms with E-state index in [4.69, 9.17) is 24.3 Å². The number of hydrogen-bond donors (Lipinski definition) is 2. The van der Waals surface area contributed by atoms with E-state index in [1.54, 1.807) is 0 Å². The number of carbonyl (C=O) groups is 2. The highest BCUT2D eigenvalue weighted by molar-refractivity contribution is 7.47. The largest absolute Gasteiger partial charge is 0.472 e. The van der Waals surface area contributed by atoms with E-state index in [0.29, 0.717) is 12.8 Å². The molecule has 83 heavy (non-hydrogen) atoms. The summed E-state index contributed by atoms with van der Waals surface area (Å²) in [6.07, 6.45) is 94.5. The van der Waals surface area contributed by atoms with Gasteiger partial charge in [0.15, 0.2) is 6.10 Å². The first-order valence-corrected chi connectivity index (χ1v) is 35.5. The quantitative estimate of drug-likeness (QED) is 0.0264. The smallest absolute Gasteiger partial charge is 0.462 e. The summed E-state index contributed by atoms with van der Waals surface area (Å²) < 4.78 is 33.0. The predicted octanol–water partition coefficient (Wildman–Crippen LogP) is 22.3. The molecule has 10 heteroatoms. The Morgan fingerprint density at radius 2 is 0.675 bits per heavy atom. The van der Waals surface area contributed by atoms with Gasteiger partial charge >= 0.3 is 19.8 Å². The van der Waals surface area contributed by atoms with Crippen LogP contribution in [0.25, 0.3) is 0 Å². The van der Waals surface area contributed by atoms with Crippen LogP contribution in [0.5, 0.6) is 0 Å². The molecule has 3 N–H and O–H groups in total. The minimum absolute atomic E-state index is 0.0394. The summed E-state index contributed by atoms with van der Waals surface area (Å²) in [5, 5.41) is 0. The monoisotopic (exact) mass is 1180 g/mol. The van der Waals surface area contributed by atoms with Crippen molar-refractivity contribution in [3.8, 4) is 0 Å². The van der Waals surface area contributed by atoms with E-state index in [9.17, 15) is 19.0 Å². The average molecular weight is 1180 g/mol. The molecule has 0 aliphatic heterocycles. The molecule has 0 spiro atoms. The Balaban J connectivity index is 3.89. The van der Waals surface area contributed by atoms with Gasteiger partial charge in [-0.15, -0.1) is 0 Å². The van der Waals surface area contributed by atoms with E-state index >= 15 is 0 Å². The van der Waals surface area contributed by atoms with Crippen LogP contribution in [0.1, 0.15) is 296 Å². The summed E-state index contributed by atoms with van der Waals surface area (Å²) in [7, 11) is -4.41. The fourth-order valence-electron chi connectivity index (χ4n) is 9.34. The molecule has 0 aromatic rings. The van der Waals surface area contributed by atoms with Gasteiger partial charge in [0, 0.05) is 19.4 Å². The molecule has 0 radical (unpaired) electrons. The van der Waals surface area contributed by atoms with Gasteiger partial charge in [0.1, 0.15) is 6.61 Å². The summed E-state index contributed by atoms with van der Waals surface area (Å²) in [4.78, 5) is 35.3. The van der Waals surface area contributed by atoms with Gasteiger partial charge in [0.25, 0.3) is 0 Å². The van der Waals surface area contributed by atoms with E-state index in [0.717, 1.165) is 77.0 Å². The molecule has 0 aliphatic rings. The normalized spacial score (nSPS) is 13.7. The summed E-state index contributed by atoms with van der Waals surface area (Å²) in [5.41, 5.74) is 5.39. The summed E-state index contributed by atoms with van der Waals surface area (Å²) in [6.45, 7) is 3.56. The molecule has 0 bridgehead atoms. The molecule has 0 saturated heterocycles. The van der Waals surface area contributed by atoms with E-state index in [-0.39, 0.29) is 32.6 Å². The minimum atomic E-state index is -4.41. The van der Waals surface area contributed by atoms with Gasteiger partial charge in [-0.05, 0) is 103 Å². The number of esters is 2. The fourth-order valence-corrected chi connectivity index (χ4v) is 10.1. The molecule has 476 valence electrons. The molecule has 0 rings (SSSR count). The molecule has 9 nitrogen and oxygen atoms in total. The molecular formula is C73H126NO8P. The number of ether oxygens (including phenoxy) is 2. The molecule has 2 atom stereocenters. The Morgan fingerprint density at radius 3 is 1.02 bits per heavy atom. The van der Waals surface area contributed by atoms with Crippen molar-refractivity contribution < 1.29 is 37.6 Å². The molecule has 0 saturated carbocycles. The standard InChI is InChI=1S/C73H126NO8P/c1-3-5-7-9-11-13-15-17-19-21-23-25-27-28-29-30-31-32-33-34-35-36-37-38-39-40-41-42-44-45-47-49-51-53-55-57-59-61-63-65-72(75)79-69-71(70-81-83(77,78)80-68-67-74)82-73(76)66-64-62-60-58-56-54-52-50-48-46-43-26-24-22-20-18-16-14-12-10-8-6-4-2/h6,8,12,14-15,17-18,20-21,23-24,26-28,46,48,52,54,58,60,71H,3-5,7,9-11,13,16,19,22,25,29-45,47,49-51,53,55-57,59,61-70,74H2,1-2H3,(H,77,78)/b8-6-,14-12-,17-15-,20-18-,23-21-,26-24-,28-27-,48-46-,54-52-,60-58-. The summed E-state index contributed by atoms with van der Waals surface area (Å²) in [6, 6.07) is 0. The highest BCUT2D eigenvalue weighted by atomic mass is 31.2. The van der Waals surface area contributed by atoms with Gasteiger partial charge in [-0.2, -0.15) is 0 Å². The Kier molecular flexibility index (Phi) is 64.6. The molecule has 0 amide bonds. The maximum atomic E-state index is 12.7. The van der Waals surface area contributed by atoms with Crippen LogP contribution >= 0.6 is 7.82 Å². The lowest BCUT2D eigenvalue weighted by Gasteiger charge is -2.19. The Labute approximate surface area is 511 Å². The number of hydrogen-bond acceptors (Lipinski definition) is 8. The second-order valence-corrected chi connectivity index (χ2v) is 23.8. The Morgan fingerprint density at radius 1 is 0.373 bits per heavy atom. The van der Waals surface area contributed by atoms with Gasteiger partial charge < -0.3 is 20.1 Å². The lowest BCUT2D eigenvalue weighted by molar-refractivity contribution is -0.161. The molecule has 0 heterocycles. The van der Waals surface area contributed by atoms with Crippen molar-refractivity contribution in [3.05, 3.63) is 122 Å². The SMILES string of the molecule is CC/C=C\C/C=C\C/C=C\C/C=C\C/C=C\C/C=C\C/C=C\CCCC(=O)OC(COC(=O)CCCCCCCCCCCCCCCCCCCCCCCCCC/C=C\C/C=C\C/C=C\CCCCCCC)COP(=O)(O)OCCN. The Hall–Kier alpha value is -3.59. The number of phosphoric acid groups is 1. The van der Waals surface area contributed by atoms with E-state index in [2.05, 4.69) is 129 Å². The molecule has 0 aromatic carbocycles. The lowest BCUT2D eigenvalue weighted by Crippen LogP contribution is -2.29. The van der Waals surface area contributed by atoms with Crippen molar-refractivity contribution in [3.63, 3.8) is 0 Å². The van der Waals surface area contributed by atoms with E-state index < -0.39 is 32.5 Å². The summed E-state index contributed by atoms with van der Waals surface area (Å²) in [5.74, 6) is -0.895. The number of nitrogens with two attached hydrogens (primary N) is 1. The highest BCUT2D eigenvalue weighted by Gasteiger charge is 2.26. The molecule has 2 unspecified atom stereocenters. The second-order valence-electron chi connectivity index (χ2n) is 22.3. The van der Waals surface area contributed by atoms with E-state index in [1.165, 1.54) is 180 Å². The molecule has 0 aliphatic carbocycles. The first-order chi connectivity index (χ1) is 40.8. The number of unbranched alkanes of at least 4 members (excludes halogenated alkanes) is 30. The van der Waals surface area contributed by atoms with Gasteiger partial charge in [0.05, 0.1) is 13.2 Å². The van der Waals surface area contributed by atoms with Crippen molar-refractivity contribution >= 4 is 19.8 Å². The first kappa shape index (κ1) is 79.4. The third kappa shape index (κ3) is 67.4. The van der Waals surface area contributed by atoms with Gasteiger partial charge in [0.2, 0.25) is 0 Å². The molecular weight excluding hydrogens is 1050 g/mol. The van der Waals surface area contributed by atoms with Crippen LogP contribution in [0, 0.1) is 0 Å².